The molecule has 0 aromatic carbocycles. The van der Waals surface area contributed by atoms with E-state index in [1.807, 2.05) is 6.92 Å². The molecule has 2 atom stereocenters. The largest absolute Gasteiger partial charge is 0.479 e. The maximum Gasteiger partial charge on any atom is 0.334 e. The first kappa shape index (κ1) is 14.9. The molecule has 104 valence electrons. The van der Waals surface area contributed by atoms with Crippen molar-refractivity contribution in [3.63, 3.8) is 0 Å². The Bertz CT molecular complexity index is 295. The van der Waals surface area contributed by atoms with E-state index in [-0.39, 0.29) is 12.5 Å². The van der Waals surface area contributed by atoms with Crippen LogP contribution in [-0.4, -0.2) is 47.8 Å². The van der Waals surface area contributed by atoms with Gasteiger partial charge in [0, 0.05) is 6.54 Å². The monoisotopic (exact) mass is 258 g/mol. The molecule has 1 saturated heterocycles. The van der Waals surface area contributed by atoms with Gasteiger partial charge >= 0.3 is 5.97 Å². The Morgan fingerprint density at radius 2 is 2.22 bits per heavy atom. The van der Waals surface area contributed by atoms with Crippen LogP contribution in [0.5, 0.6) is 0 Å². The van der Waals surface area contributed by atoms with Crippen LogP contribution >= 0.6 is 0 Å². The van der Waals surface area contributed by atoms with E-state index >= 15 is 0 Å². The van der Waals surface area contributed by atoms with E-state index in [1.54, 1.807) is 0 Å². The molecule has 1 heterocycles. The highest BCUT2D eigenvalue weighted by atomic mass is 16.4. The Kier molecular flexibility index (Phi) is 5.55. The molecule has 0 spiro atoms. The van der Waals surface area contributed by atoms with Crippen LogP contribution in [0, 0.1) is 5.41 Å². The van der Waals surface area contributed by atoms with Crippen molar-refractivity contribution in [1.82, 2.24) is 10.6 Å². The van der Waals surface area contributed by atoms with Crippen LogP contribution < -0.4 is 10.6 Å². The van der Waals surface area contributed by atoms with E-state index < -0.39 is 17.5 Å². The molecule has 0 bridgehead atoms. The molecule has 0 aromatic rings. The Morgan fingerprint density at radius 3 is 2.72 bits per heavy atom. The van der Waals surface area contributed by atoms with E-state index in [0.29, 0.717) is 6.54 Å². The van der Waals surface area contributed by atoms with Crippen molar-refractivity contribution in [3.05, 3.63) is 0 Å². The van der Waals surface area contributed by atoms with Crippen LogP contribution in [0.4, 0.5) is 0 Å². The number of aliphatic hydroxyl groups is 1. The third-order valence-corrected chi connectivity index (χ3v) is 3.42. The van der Waals surface area contributed by atoms with Crippen LogP contribution in [0.1, 0.15) is 32.6 Å². The summed E-state index contributed by atoms with van der Waals surface area (Å²) in [6.45, 7) is 3.32. The molecule has 0 aromatic heterocycles. The number of amides is 1. The Labute approximate surface area is 107 Å². The van der Waals surface area contributed by atoms with Crippen molar-refractivity contribution in [3.8, 4) is 0 Å². The molecule has 0 radical (unpaired) electrons. The predicted molar refractivity (Wildman–Crippen MR) is 66.1 cm³/mol. The molecule has 1 aliphatic heterocycles. The number of carboxylic acid groups (broad SMARTS) is 1. The highest BCUT2D eigenvalue weighted by molar-refractivity contribution is 5.83. The van der Waals surface area contributed by atoms with Crippen molar-refractivity contribution in [2.75, 3.05) is 19.6 Å². The normalized spacial score (nSPS) is 25.4. The van der Waals surface area contributed by atoms with Crippen LogP contribution in [-0.2, 0) is 9.59 Å². The number of carbonyl (C=O) groups is 2. The molecule has 1 amide bonds. The summed E-state index contributed by atoms with van der Waals surface area (Å²) in [6, 6.07) is 0. The van der Waals surface area contributed by atoms with Gasteiger partial charge in [-0.3, -0.25) is 4.79 Å². The van der Waals surface area contributed by atoms with Crippen LogP contribution in [0.3, 0.4) is 0 Å². The van der Waals surface area contributed by atoms with Gasteiger partial charge in [-0.2, -0.15) is 0 Å². The van der Waals surface area contributed by atoms with Gasteiger partial charge in [0.15, 0.2) is 6.10 Å². The van der Waals surface area contributed by atoms with Gasteiger partial charge in [0.1, 0.15) is 0 Å². The molecule has 1 rings (SSSR count). The lowest BCUT2D eigenvalue weighted by molar-refractivity contribution is -0.146. The number of hydrogen-bond donors (Lipinski definition) is 4. The first-order valence-corrected chi connectivity index (χ1v) is 6.42. The number of rotatable bonds is 6. The van der Waals surface area contributed by atoms with Gasteiger partial charge in [-0.15, -0.1) is 0 Å². The summed E-state index contributed by atoms with van der Waals surface area (Å²) in [5, 5.41) is 23.5. The third-order valence-electron chi connectivity index (χ3n) is 3.42. The third kappa shape index (κ3) is 3.68. The SMILES string of the molecule is CCCC1(C(=O)NC[C@H](O)C(=O)O)CCCNC1. The summed E-state index contributed by atoms with van der Waals surface area (Å²) in [5.74, 6) is -1.47. The average Bonchev–Trinajstić information content (AvgIpc) is 2.36. The van der Waals surface area contributed by atoms with Gasteiger partial charge in [-0.05, 0) is 25.8 Å². The zero-order valence-corrected chi connectivity index (χ0v) is 10.7. The molecular formula is C12H22N2O4. The topological polar surface area (TPSA) is 98.7 Å². The van der Waals surface area contributed by atoms with Crippen LogP contribution in [0.25, 0.3) is 0 Å². The number of piperidine rings is 1. The Balaban J connectivity index is 2.57. The smallest absolute Gasteiger partial charge is 0.334 e. The van der Waals surface area contributed by atoms with Crippen LogP contribution in [0.2, 0.25) is 0 Å². The second-order valence-electron chi connectivity index (χ2n) is 4.87. The number of carboxylic acids is 1. The molecule has 1 aliphatic rings. The van der Waals surface area contributed by atoms with Crippen LogP contribution in [0.15, 0.2) is 0 Å². The summed E-state index contributed by atoms with van der Waals surface area (Å²) < 4.78 is 0. The van der Waals surface area contributed by atoms with Crippen molar-refractivity contribution < 1.29 is 19.8 Å². The fraction of sp³-hybridized carbons (Fsp3) is 0.833. The van der Waals surface area contributed by atoms with Gasteiger partial charge in [-0.25, -0.2) is 4.79 Å². The fourth-order valence-electron chi connectivity index (χ4n) is 2.43. The average molecular weight is 258 g/mol. The van der Waals surface area contributed by atoms with Gasteiger partial charge in [-0.1, -0.05) is 13.3 Å². The quantitative estimate of drug-likeness (QED) is 0.525. The van der Waals surface area contributed by atoms with Crippen molar-refractivity contribution in [2.45, 2.75) is 38.7 Å². The standard InChI is InChI=1S/C12H22N2O4/c1-2-4-12(5-3-6-13-8-12)11(18)14-7-9(15)10(16)17/h9,13,15H,2-8H2,1H3,(H,14,18)(H,16,17)/t9-,12?/m0/s1. The number of carbonyl (C=O) groups excluding carboxylic acids is 1. The van der Waals surface area contributed by atoms with Gasteiger partial charge in [0.05, 0.1) is 12.0 Å². The first-order valence-electron chi connectivity index (χ1n) is 6.42. The second-order valence-corrected chi connectivity index (χ2v) is 4.87. The lowest BCUT2D eigenvalue weighted by atomic mass is 9.76. The number of nitrogens with one attached hydrogen (secondary N) is 2. The van der Waals surface area contributed by atoms with E-state index in [2.05, 4.69) is 10.6 Å². The van der Waals surface area contributed by atoms with Gasteiger partial charge < -0.3 is 20.8 Å². The van der Waals surface area contributed by atoms with E-state index in [9.17, 15) is 9.59 Å². The molecule has 6 nitrogen and oxygen atoms in total. The summed E-state index contributed by atoms with van der Waals surface area (Å²) in [7, 11) is 0. The zero-order chi connectivity index (χ0) is 13.6. The van der Waals surface area contributed by atoms with Crippen molar-refractivity contribution in [2.24, 2.45) is 5.41 Å². The maximum absolute atomic E-state index is 12.2. The minimum absolute atomic E-state index is 0.156. The lowest BCUT2D eigenvalue weighted by Gasteiger charge is -2.36. The molecule has 0 saturated carbocycles. The Morgan fingerprint density at radius 1 is 1.50 bits per heavy atom. The summed E-state index contributed by atoms with van der Waals surface area (Å²) in [5.41, 5.74) is -0.453. The fourth-order valence-corrected chi connectivity index (χ4v) is 2.43. The highest BCUT2D eigenvalue weighted by Crippen LogP contribution is 2.31. The van der Waals surface area contributed by atoms with Gasteiger partial charge in [0.2, 0.25) is 5.91 Å². The number of hydrogen-bond acceptors (Lipinski definition) is 4. The lowest BCUT2D eigenvalue weighted by Crippen LogP contribution is -2.52. The zero-order valence-electron chi connectivity index (χ0n) is 10.7. The van der Waals surface area contributed by atoms with E-state index in [1.165, 1.54) is 0 Å². The number of aliphatic carboxylic acids is 1. The predicted octanol–water partition coefficient (Wildman–Crippen LogP) is -0.282. The first-order chi connectivity index (χ1) is 8.52. The molecule has 18 heavy (non-hydrogen) atoms. The molecule has 6 heteroatoms. The van der Waals surface area contributed by atoms with Gasteiger partial charge in [0.25, 0.3) is 0 Å². The maximum atomic E-state index is 12.2. The van der Waals surface area contributed by atoms with E-state index in [4.69, 9.17) is 10.2 Å². The summed E-state index contributed by atoms with van der Waals surface area (Å²) >= 11 is 0. The van der Waals surface area contributed by atoms with E-state index in [0.717, 1.165) is 32.2 Å². The Hall–Kier alpha value is -1.14. The summed E-state index contributed by atoms with van der Waals surface area (Å²) in [4.78, 5) is 22.7. The number of aliphatic hydroxyl groups excluding tert-OH is 1. The second kappa shape index (κ2) is 6.70. The minimum atomic E-state index is -1.54. The molecular weight excluding hydrogens is 236 g/mol. The van der Waals surface area contributed by atoms with Crippen molar-refractivity contribution >= 4 is 11.9 Å². The molecule has 1 unspecified atom stereocenters. The minimum Gasteiger partial charge on any atom is -0.479 e. The van der Waals surface area contributed by atoms with Crippen molar-refractivity contribution in [1.29, 1.82) is 0 Å². The molecule has 4 N–H and O–H groups in total. The molecule has 0 aliphatic carbocycles. The molecule has 1 fully saturated rings. The summed E-state index contributed by atoms with van der Waals surface area (Å²) in [6.07, 6.45) is 1.88. The highest BCUT2D eigenvalue weighted by Gasteiger charge is 2.38.